The Hall–Kier alpha value is -4.05. The first kappa shape index (κ1) is 25.6. The molecule has 2 aliphatic heterocycles. The van der Waals surface area contributed by atoms with Gasteiger partial charge >= 0.3 is 0 Å². The molecule has 0 radical (unpaired) electrons. The van der Waals surface area contributed by atoms with Crippen molar-refractivity contribution in [2.75, 3.05) is 55.3 Å². The number of nitrogens with zero attached hydrogens (tertiary/aromatic N) is 6. The van der Waals surface area contributed by atoms with Gasteiger partial charge < -0.3 is 25.8 Å². The van der Waals surface area contributed by atoms with Crippen LogP contribution in [0.25, 0.3) is 0 Å². The van der Waals surface area contributed by atoms with Gasteiger partial charge in [0.05, 0.1) is 0 Å². The molecule has 0 unspecified atom stereocenters. The minimum atomic E-state index is -0.317. The maximum absolute atomic E-state index is 12.6. The zero-order valence-electron chi connectivity index (χ0n) is 21.9. The summed E-state index contributed by atoms with van der Waals surface area (Å²) in [6.45, 7) is 8.62. The third-order valence-electron chi connectivity index (χ3n) is 7.60. The monoisotopic (exact) mass is 513 g/mol. The van der Waals surface area contributed by atoms with Crippen molar-refractivity contribution in [2.24, 2.45) is 5.41 Å². The van der Waals surface area contributed by atoms with Gasteiger partial charge in [-0.25, -0.2) is 15.0 Å². The first-order valence-corrected chi connectivity index (χ1v) is 13.1. The number of amides is 1. The van der Waals surface area contributed by atoms with Crippen LogP contribution >= 0.6 is 0 Å². The molecule has 3 aromatic rings. The number of hydrogen-bond acceptors (Lipinski definition) is 9. The van der Waals surface area contributed by atoms with Crippen molar-refractivity contribution in [1.82, 2.24) is 30.2 Å². The van der Waals surface area contributed by atoms with E-state index in [1.165, 1.54) is 50.7 Å². The molecule has 2 saturated heterocycles. The molecule has 198 valence electrons. The van der Waals surface area contributed by atoms with Crippen molar-refractivity contribution in [3.8, 4) is 0 Å². The van der Waals surface area contributed by atoms with Crippen LogP contribution in [0.3, 0.4) is 0 Å². The molecular formula is C28H35N9O. The van der Waals surface area contributed by atoms with Crippen LogP contribution in [0.5, 0.6) is 0 Å². The summed E-state index contributed by atoms with van der Waals surface area (Å²) in [4.78, 5) is 34.8. The standard InChI is InChI=1S/C28H35N9O/c1-3-13-29-25(38)23-20-32-27(35-24(23)34-26-30-14-4-15-31-26)33-21-5-7-22(8-6-21)37-18-11-28(12-19-37)9-16-36(2)17-10-28/h3-8,14-15,20H,1,9-13,16-19H2,2H3,(H,29,38)(H2,30,31,32,33,34,35). The fraction of sp³-hybridized carbons (Fsp3) is 0.393. The molecule has 0 saturated carbocycles. The molecule has 3 N–H and O–H groups in total. The minimum Gasteiger partial charge on any atom is -0.371 e. The largest absolute Gasteiger partial charge is 0.371 e. The molecule has 1 amide bonds. The number of carbonyl (C=O) groups excluding carboxylic acids is 1. The van der Waals surface area contributed by atoms with E-state index in [2.05, 4.69) is 71.4 Å². The zero-order valence-corrected chi connectivity index (χ0v) is 21.9. The first-order chi connectivity index (χ1) is 18.5. The first-order valence-electron chi connectivity index (χ1n) is 13.1. The van der Waals surface area contributed by atoms with E-state index in [1.54, 1.807) is 24.5 Å². The second-order valence-corrected chi connectivity index (χ2v) is 10.1. The summed E-state index contributed by atoms with van der Waals surface area (Å²) in [5.74, 6) is 0.687. The number of benzene rings is 1. The molecule has 1 aromatic carbocycles. The smallest absolute Gasteiger partial charge is 0.256 e. The van der Waals surface area contributed by atoms with Crippen molar-refractivity contribution < 1.29 is 4.79 Å². The van der Waals surface area contributed by atoms with E-state index in [-0.39, 0.29) is 11.5 Å². The summed E-state index contributed by atoms with van der Waals surface area (Å²) >= 11 is 0. The van der Waals surface area contributed by atoms with Gasteiger partial charge in [-0.1, -0.05) is 6.08 Å². The molecule has 0 atom stereocenters. The number of rotatable bonds is 8. The molecule has 2 fully saturated rings. The summed E-state index contributed by atoms with van der Waals surface area (Å²) in [7, 11) is 2.23. The molecule has 10 heteroatoms. The lowest BCUT2D eigenvalue weighted by molar-refractivity contribution is 0.0944. The highest BCUT2D eigenvalue weighted by Gasteiger charge is 2.36. The topological polar surface area (TPSA) is 111 Å². The van der Waals surface area contributed by atoms with E-state index in [9.17, 15) is 4.79 Å². The molecule has 0 aliphatic carbocycles. The normalized spacial score (nSPS) is 17.1. The summed E-state index contributed by atoms with van der Waals surface area (Å²) in [5, 5.41) is 9.03. The second kappa shape index (κ2) is 11.6. The van der Waals surface area contributed by atoms with Crippen LogP contribution in [0.15, 0.2) is 61.6 Å². The third kappa shape index (κ3) is 6.08. The number of likely N-dealkylation sites (tertiary alicyclic amines) is 1. The van der Waals surface area contributed by atoms with E-state index in [0.29, 0.717) is 29.7 Å². The SMILES string of the molecule is C=CCNC(=O)c1cnc(Nc2ccc(N3CCC4(CCN(C)CC4)CC3)cc2)nc1Nc1ncccn1. The number of piperidine rings is 2. The van der Waals surface area contributed by atoms with Crippen molar-refractivity contribution in [1.29, 1.82) is 0 Å². The Labute approximate surface area is 223 Å². The van der Waals surface area contributed by atoms with E-state index in [1.807, 2.05) is 12.1 Å². The lowest BCUT2D eigenvalue weighted by Crippen LogP contribution is -2.46. The Morgan fingerprint density at radius 3 is 2.34 bits per heavy atom. The van der Waals surface area contributed by atoms with Gasteiger partial charge in [0.25, 0.3) is 5.91 Å². The maximum Gasteiger partial charge on any atom is 0.256 e. The molecular weight excluding hydrogens is 478 g/mol. The Morgan fingerprint density at radius 1 is 0.974 bits per heavy atom. The lowest BCUT2D eigenvalue weighted by atomic mass is 9.71. The van der Waals surface area contributed by atoms with Crippen molar-refractivity contribution in [3.63, 3.8) is 0 Å². The molecule has 0 bridgehead atoms. The maximum atomic E-state index is 12.6. The molecule has 5 rings (SSSR count). The number of anilines is 5. The fourth-order valence-corrected chi connectivity index (χ4v) is 5.15. The Kier molecular flexibility index (Phi) is 7.78. The number of aromatic nitrogens is 4. The van der Waals surface area contributed by atoms with E-state index in [0.717, 1.165) is 18.8 Å². The van der Waals surface area contributed by atoms with Crippen molar-refractivity contribution >= 4 is 35.0 Å². The predicted molar refractivity (Wildman–Crippen MR) is 150 cm³/mol. The van der Waals surface area contributed by atoms with Crippen molar-refractivity contribution in [2.45, 2.75) is 25.7 Å². The van der Waals surface area contributed by atoms with Crippen LogP contribution in [0.1, 0.15) is 36.0 Å². The summed E-state index contributed by atoms with van der Waals surface area (Å²) in [6, 6.07) is 10.1. The molecule has 4 heterocycles. The highest BCUT2D eigenvalue weighted by molar-refractivity contribution is 5.99. The van der Waals surface area contributed by atoms with Gasteiger partial charge in [0, 0.05) is 49.6 Å². The van der Waals surface area contributed by atoms with Crippen LogP contribution in [-0.2, 0) is 0 Å². The minimum absolute atomic E-state index is 0.285. The number of hydrogen-bond donors (Lipinski definition) is 3. The van der Waals surface area contributed by atoms with Gasteiger partial charge in [0.1, 0.15) is 5.56 Å². The van der Waals surface area contributed by atoms with Crippen LogP contribution in [0.4, 0.5) is 29.1 Å². The quantitative estimate of drug-likeness (QED) is 0.385. The Morgan fingerprint density at radius 2 is 1.66 bits per heavy atom. The van der Waals surface area contributed by atoms with Gasteiger partial charge in [-0.05, 0) is 81.6 Å². The second-order valence-electron chi connectivity index (χ2n) is 10.1. The van der Waals surface area contributed by atoms with Crippen LogP contribution in [0, 0.1) is 5.41 Å². The summed E-state index contributed by atoms with van der Waals surface area (Å²) < 4.78 is 0. The van der Waals surface area contributed by atoms with Gasteiger partial charge in [0.2, 0.25) is 11.9 Å². The van der Waals surface area contributed by atoms with Crippen molar-refractivity contribution in [3.05, 3.63) is 67.1 Å². The van der Waals surface area contributed by atoms with Gasteiger partial charge in [-0.15, -0.1) is 6.58 Å². The van der Waals surface area contributed by atoms with E-state index < -0.39 is 0 Å². The molecule has 10 nitrogen and oxygen atoms in total. The van der Waals surface area contributed by atoms with Gasteiger partial charge in [-0.2, -0.15) is 4.98 Å². The molecule has 1 spiro atoms. The summed E-state index contributed by atoms with van der Waals surface area (Å²) in [5.41, 5.74) is 2.92. The Balaban J connectivity index is 1.26. The average Bonchev–Trinajstić information content (AvgIpc) is 2.95. The van der Waals surface area contributed by atoms with Gasteiger partial charge in [-0.3, -0.25) is 4.79 Å². The van der Waals surface area contributed by atoms with Crippen LogP contribution in [0.2, 0.25) is 0 Å². The number of nitrogens with one attached hydrogen (secondary N) is 3. The summed E-state index contributed by atoms with van der Waals surface area (Å²) in [6.07, 6.45) is 11.5. The lowest BCUT2D eigenvalue weighted by Gasteiger charge is -2.46. The predicted octanol–water partition coefficient (Wildman–Crippen LogP) is 3.98. The van der Waals surface area contributed by atoms with E-state index in [4.69, 9.17) is 0 Å². The van der Waals surface area contributed by atoms with E-state index >= 15 is 0 Å². The highest BCUT2D eigenvalue weighted by Crippen LogP contribution is 2.42. The molecule has 2 aromatic heterocycles. The van der Waals surface area contributed by atoms with Crippen LogP contribution in [-0.4, -0.2) is 70.5 Å². The Bertz CT molecular complexity index is 1230. The number of carbonyl (C=O) groups is 1. The van der Waals surface area contributed by atoms with Gasteiger partial charge in [0.15, 0.2) is 5.82 Å². The average molecular weight is 514 g/mol. The molecule has 38 heavy (non-hydrogen) atoms. The molecule has 2 aliphatic rings. The third-order valence-corrected chi connectivity index (χ3v) is 7.60. The fourth-order valence-electron chi connectivity index (χ4n) is 5.15. The zero-order chi connectivity index (χ0) is 26.4. The van der Waals surface area contributed by atoms with Crippen LogP contribution < -0.4 is 20.9 Å². The highest BCUT2D eigenvalue weighted by atomic mass is 16.1.